The number of aliphatic hydroxyl groups excluding tert-OH is 1. The maximum absolute atomic E-state index is 13.2. The van der Waals surface area contributed by atoms with Crippen LogP contribution in [-0.4, -0.2) is 11.7 Å². The minimum absolute atomic E-state index is 0.0970. The molecule has 0 aromatic heterocycles. The fraction of sp³-hybridized carbons (Fsp3) is 0.500. The molecule has 0 amide bonds. The van der Waals surface area contributed by atoms with Crippen LogP contribution in [0.3, 0.4) is 0 Å². The van der Waals surface area contributed by atoms with Crippen LogP contribution in [0, 0.1) is 12.7 Å². The molecule has 0 bridgehead atoms. The summed E-state index contributed by atoms with van der Waals surface area (Å²) < 4.78 is 13.2. The molecule has 0 radical (unpaired) electrons. The van der Waals surface area contributed by atoms with Crippen LogP contribution in [0.2, 0.25) is 5.02 Å². The highest BCUT2D eigenvalue weighted by Gasteiger charge is 2.23. The Kier molecular flexibility index (Phi) is 3.74. The minimum Gasteiger partial charge on any atom is -0.396 e. The molecule has 1 aromatic rings. The third kappa shape index (κ3) is 2.70. The van der Waals surface area contributed by atoms with E-state index in [0.717, 1.165) is 5.56 Å². The topological polar surface area (TPSA) is 20.2 Å². The van der Waals surface area contributed by atoms with Gasteiger partial charge in [0.25, 0.3) is 0 Å². The van der Waals surface area contributed by atoms with E-state index >= 15 is 0 Å². The van der Waals surface area contributed by atoms with Crippen LogP contribution in [-0.2, 0) is 5.41 Å². The Labute approximate surface area is 94.9 Å². The summed E-state index contributed by atoms with van der Waals surface area (Å²) in [6, 6.07) is 3.10. The van der Waals surface area contributed by atoms with Gasteiger partial charge in [-0.05, 0) is 36.0 Å². The predicted octanol–water partition coefficient (Wildman–Crippen LogP) is 3.45. The highest BCUT2D eigenvalue weighted by Crippen LogP contribution is 2.33. The molecule has 0 unspecified atom stereocenters. The second kappa shape index (κ2) is 4.50. The van der Waals surface area contributed by atoms with Crippen LogP contribution in [0.25, 0.3) is 0 Å². The van der Waals surface area contributed by atoms with Gasteiger partial charge in [-0.1, -0.05) is 31.5 Å². The lowest BCUT2D eigenvalue weighted by molar-refractivity contribution is 0.252. The molecule has 84 valence electrons. The lowest BCUT2D eigenvalue weighted by atomic mass is 9.81. The Hall–Kier alpha value is -0.600. The monoisotopic (exact) mass is 230 g/mol. The molecule has 0 saturated carbocycles. The standard InChI is InChI=1S/C12H16ClFO/c1-8-6-9(10(13)7-11(8)14)12(2,3)4-5-15/h6-7,15H,4-5H2,1-3H3. The van der Waals surface area contributed by atoms with Gasteiger partial charge >= 0.3 is 0 Å². The Morgan fingerprint density at radius 3 is 2.53 bits per heavy atom. The lowest BCUT2D eigenvalue weighted by Gasteiger charge is -2.26. The molecule has 3 heteroatoms. The van der Waals surface area contributed by atoms with Crippen molar-refractivity contribution in [3.63, 3.8) is 0 Å². The van der Waals surface area contributed by atoms with Crippen LogP contribution >= 0.6 is 11.6 Å². The Bertz CT molecular complexity index is 361. The molecule has 1 N–H and O–H groups in total. The van der Waals surface area contributed by atoms with Crippen molar-refractivity contribution in [1.82, 2.24) is 0 Å². The summed E-state index contributed by atoms with van der Waals surface area (Å²) in [6.45, 7) is 5.79. The van der Waals surface area contributed by atoms with E-state index in [-0.39, 0.29) is 17.8 Å². The average Bonchev–Trinajstić information content (AvgIpc) is 2.11. The van der Waals surface area contributed by atoms with Gasteiger partial charge in [-0.25, -0.2) is 4.39 Å². The third-order valence-electron chi connectivity index (χ3n) is 2.71. The quantitative estimate of drug-likeness (QED) is 0.843. The van der Waals surface area contributed by atoms with Gasteiger partial charge in [0.2, 0.25) is 0 Å². The number of aryl methyl sites for hydroxylation is 1. The van der Waals surface area contributed by atoms with Crippen LogP contribution < -0.4 is 0 Å². The molecule has 1 aromatic carbocycles. The fourth-order valence-corrected chi connectivity index (χ4v) is 2.00. The van der Waals surface area contributed by atoms with E-state index in [1.54, 1.807) is 13.0 Å². The Balaban J connectivity index is 3.19. The van der Waals surface area contributed by atoms with Crippen molar-refractivity contribution < 1.29 is 9.50 Å². The van der Waals surface area contributed by atoms with Crippen molar-refractivity contribution in [3.05, 3.63) is 34.1 Å². The van der Waals surface area contributed by atoms with E-state index in [1.165, 1.54) is 6.07 Å². The van der Waals surface area contributed by atoms with Gasteiger partial charge in [0.05, 0.1) is 0 Å². The van der Waals surface area contributed by atoms with Crippen molar-refractivity contribution in [3.8, 4) is 0 Å². The van der Waals surface area contributed by atoms with Gasteiger partial charge in [-0.15, -0.1) is 0 Å². The molecule has 0 aliphatic heterocycles. The van der Waals surface area contributed by atoms with E-state index < -0.39 is 0 Å². The van der Waals surface area contributed by atoms with Crippen molar-refractivity contribution in [2.45, 2.75) is 32.6 Å². The molecule has 1 rings (SSSR count). The van der Waals surface area contributed by atoms with E-state index in [0.29, 0.717) is 17.0 Å². The minimum atomic E-state index is -0.288. The number of rotatable bonds is 3. The predicted molar refractivity (Wildman–Crippen MR) is 60.9 cm³/mol. The molecule has 15 heavy (non-hydrogen) atoms. The summed E-state index contributed by atoms with van der Waals surface area (Å²) in [4.78, 5) is 0. The van der Waals surface area contributed by atoms with E-state index in [9.17, 15) is 4.39 Å². The summed E-state index contributed by atoms with van der Waals surface area (Å²) in [7, 11) is 0. The van der Waals surface area contributed by atoms with Gasteiger partial charge in [-0.3, -0.25) is 0 Å². The van der Waals surface area contributed by atoms with Crippen molar-refractivity contribution in [2.75, 3.05) is 6.61 Å². The van der Waals surface area contributed by atoms with Gasteiger partial charge < -0.3 is 5.11 Å². The number of aliphatic hydroxyl groups is 1. The zero-order valence-electron chi connectivity index (χ0n) is 9.27. The molecule has 0 heterocycles. The first kappa shape index (κ1) is 12.5. The second-order valence-electron chi connectivity index (χ2n) is 4.44. The molecule has 0 atom stereocenters. The number of halogens is 2. The third-order valence-corrected chi connectivity index (χ3v) is 3.03. The van der Waals surface area contributed by atoms with E-state index in [1.807, 2.05) is 13.8 Å². The maximum atomic E-state index is 13.2. The Morgan fingerprint density at radius 1 is 1.40 bits per heavy atom. The van der Waals surface area contributed by atoms with Gasteiger partial charge in [0.15, 0.2) is 0 Å². The molecule has 0 aliphatic carbocycles. The summed E-state index contributed by atoms with van der Waals surface area (Å²) >= 11 is 6.00. The summed E-state index contributed by atoms with van der Waals surface area (Å²) in [5.74, 6) is -0.288. The molecule has 0 aliphatic rings. The van der Waals surface area contributed by atoms with Crippen molar-refractivity contribution >= 4 is 11.6 Å². The van der Waals surface area contributed by atoms with Crippen LogP contribution in [0.5, 0.6) is 0 Å². The first-order valence-electron chi connectivity index (χ1n) is 4.95. The molecule has 0 saturated heterocycles. The molecule has 1 nitrogen and oxygen atoms in total. The lowest BCUT2D eigenvalue weighted by Crippen LogP contribution is -2.19. The first-order chi connectivity index (χ1) is 6.88. The van der Waals surface area contributed by atoms with E-state index in [4.69, 9.17) is 16.7 Å². The molecule has 0 spiro atoms. The van der Waals surface area contributed by atoms with Crippen LogP contribution in [0.15, 0.2) is 12.1 Å². The van der Waals surface area contributed by atoms with Gasteiger partial charge in [0, 0.05) is 11.6 Å². The normalized spacial score (nSPS) is 11.9. The number of hydrogen-bond acceptors (Lipinski definition) is 1. The van der Waals surface area contributed by atoms with Crippen LogP contribution in [0.1, 0.15) is 31.4 Å². The molecular formula is C12H16ClFO. The average molecular weight is 231 g/mol. The number of hydrogen-bond donors (Lipinski definition) is 1. The zero-order valence-corrected chi connectivity index (χ0v) is 10.0. The SMILES string of the molecule is Cc1cc(C(C)(C)CCO)c(Cl)cc1F. The maximum Gasteiger partial charge on any atom is 0.127 e. The molecular weight excluding hydrogens is 215 g/mol. The molecule has 0 fully saturated rings. The van der Waals surface area contributed by atoms with E-state index in [2.05, 4.69) is 0 Å². The Morgan fingerprint density at radius 2 is 2.00 bits per heavy atom. The largest absolute Gasteiger partial charge is 0.396 e. The second-order valence-corrected chi connectivity index (χ2v) is 4.85. The summed E-state index contributed by atoms with van der Waals surface area (Å²) in [5, 5.41) is 9.39. The van der Waals surface area contributed by atoms with Crippen molar-refractivity contribution in [1.29, 1.82) is 0 Å². The highest BCUT2D eigenvalue weighted by atomic mass is 35.5. The van der Waals surface area contributed by atoms with Crippen LogP contribution in [0.4, 0.5) is 4.39 Å². The van der Waals surface area contributed by atoms with Gasteiger partial charge in [0.1, 0.15) is 5.82 Å². The summed E-state index contributed by atoms with van der Waals surface area (Å²) in [5.41, 5.74) is 1.24. The fourth-order valence-electron chi connectivity index (χ4n) is 1.59. The van der Waals surface area contributed by atoms with Crippen molar-refractivity contribution in [2.24, 2.45) is 0 Å². The van der Waals surface area contributed by atoms with Gasteiger partial charge in [-0.2, -0.15) is 0 Å². The zero-order chi connectivity index (χ0) is 11.6. The summed E-state index contributed by atoms with van der Waals surface area (Å²) in [6.07, 6.45) is 0.609. The highest BCUT2D eigenvalue weighted by molar-refractivity contribution is 6.31. The first-order valence-corrected chi connectivity index (χ1v) is 5.33. The smallest absolute Gasteiger partial charge is 0.127 e. The number of benzene rings is 1.